The summed E-state index contributed by atoms with van der Waals surface area (Å²) in [5, 5.41) is 8.34. The average Bonchev–Trinajstić information content (AvgIpc) is 1.21. The molecule has 33 heteroatoms. The lowest BCUT2D eigenvalue weighted by atomic mass is 9.74. The van der Waals surface area contributed by atoms with Crippen molar-refractivity contribution in [1.82, 2.24) is 60.0 Å². The molecule has 4 aliphatic carbocycles. The summed E-state index contributed by atoms with van der Waals surface area (Å²) in [5.74, 6) is -16.8. The SMILES string of the molecule is CCO[C@@H]1C[C@H]2C(=O)NC3(CCC3)C(=O)N(C)[C@@H](C3CCCC3)C(=O)N(C)[C@H](C(=O)N(C)C)CC(=O)N(C)[C@@H](CC)C(=O)N[C@@H]([C@@H](C)CC)C(=O)N(C)CC(=O)N(C)[C@@H]3CC/C=C\CN(C3=O)[C@@H](CC3CCC(C(F)(F)F)CC3)C(=O)N(C)CC(=O)N[C@@H](CCC3CC(F)C(C(F)(F)F)C(F)C3)C(=O)N2C1. The van der Waals surface area contributed by atoms with E-state index in [2.05, 4.69) is 16.0 Å². The minimum Gasteiger partial charge on any atom is -0.377 e. The van der Waals surface area contributed by atoms with Gasteiger partial charge in [-0.05, 0) is 140 Å². The molecule has 12 amide bonds. The van der Waals surface area contributed by atoms with Crippen molar-refractivity contribution in [1.29, 1.82) is 0 Å². The third kappa shape index (κ3) is 20.4. The van der Waals surface area contributed by atoms with Crippen molar-refractivity contribution in [2.45, 2.75) is 254 Å². The maximum absolute atomic E-state index is 15.5. The topological polar surface area (TPSA) is 279 Å². The molecule has 2 unspecified atom stereocenters. The first kappa shape index (κ1) is 86.0. The number of allylic oxidation sites excluding steroid dienone is 1. The van der Waals surface area contributed by atoms with E-state index in [0.717, 1.165) is 29.4 Å². The molecule has 25 nitrogen and oxygen atoms in total. The Morgan fingerprint density at radius 2 is 1.25 bits per heavy atom. The molecule has 7 aliphatic rings. The van der Waals surface area contributed by atoms with Crippen molar-refractivity contribution in [2.75, 3.05) is 89.2 Å². The first-order valence-electron chi connectivity index (χ1n) is 37.7. The number of alkyl halides is 8. The highest BCUT2D eigenvalue weighted by molar-refractivity contribution is 6.01. The second kappa shape index (κ2) is 36.8. The molecule has 2 saturated heterocycles. The van der Waals surface area contributed by atoms with Crippen molar-refractivity contribution in [3.63, 3.8) is 0 Å². The number of likely N-dealkylation sites (N-methyl/N-ethyl adjacent to an activating group) is 7. The van der Waals surface area contributed by atoms with Crippen LogP contribution in [0.15, 0.2) is 12.2 Å². The zero-order valence-electron chi connectivity index (χ0n) is 63.4. The van der Waals surface area contributed by atoms with Crippen LogP contribution in [0.1, 0.15) is 169 Å². The molecule has 12 atom stereocenters. The van der Waals surface area contributed by atoms with Crippen LogP contribution in [0.2, 0.25) is 0 Å². The molecule has 598 valence electrons. The number of hydrogen-bond acceptors (Lipinski definition) is 13. The quantitative estimate of drug-likeness (QED) is 0.156. The van der Waals surface area contributed by atoms with Crippen molar-refractivity contribution >= 4 is 70.9 Å². The van der Waals surface area contributed by atoms with E-state index in [1.807, 2.05) is 0 Å². The number of carbonyl (C=O) groups is 12. The van der Waals surface area contributed by atoms with Crippen LogP contribution >= 0.6 is 0 Å². The minimum absolute atomic E-state index is 0.00190. The molecule has 3 heterocycles. The van der Waals surface area contributed by atoms with Crippen molar-refractivity contribution in [2.24, 2.45) is 35.5 Å². The Labute approximate surface area is 616 Å². The lowest BCUT2D eigenvalue weighted by molar-refractivity contribution is -0.219. The van der Waals surface area contributed by atoms with Gasteiger partial charge in [0.25, 0.3) is 0 Å². The van der Waals surface area contributed by atoms with Gasteiger partial charge in [-0.3, -0.25) is 57.5 Å². The highest BCUT2D eigenvalue weighted by atomic mass is 19.4. The lowest BCUT2D eigenvalue weighted by Crippen LogP contribution is -2.68. The van der Waals surface area contributed by atoms with Gasteiger partial charge in [-0.1, -0.05) is 52.2 Å². The number of rotatable bonds is 12. The number of fused-ring (bicyclic) bond motifs is 3. The van der Waals surface area contributed by atoms with Gasteiger partial charge in [0.05, 0.1) is 31.5 Å². The lowest BCUT2D eigenvalue weighted by Gasteiger charge is -2.46. The summed E-state index contributed by atoms with van der Waals surface area (Å²) in [6, 6.07) is -11.3. The molecule has 3 aliphatic heterocycles. The highest BCUT2D eigenvalue weighted by Crippen LogP contribution is 2.46. The molecule has 0 aromatic rings. The minimum atomic E-state index is -5.22. The maximum atomic E-state index is 15.5. The average molecular weight is 1520 g/mol. The van der Waals surface area contributed by atoms with Crippen LogP contribution in [-0.4, -0.2) is 289 Å². The van der Waals surface area contributed by atoms with Gasteiger partial charge in [-0.2, -0.15) is 26.3 Å². The van der Waals surface area contributed by atoms with E-state index in [-0.39, 0.29) is 96.7 Å². The number of nitrogens with one attached hydrogen (secondary N) is 3. The number of hydrogen-bond donors (Lipinski definition) is 3. The fraction of sp³-hybridized carbons (Fsp3) is 0.808. The molecule has 0 aromatic carbocycles. The van der Waals surface area contributed by atoms with Gasteiger partial charge < -0.3 is 64.8 Å². The molecule has 1 spiro atoms. The number of carbonyl (C=O) groups excluding carboxylic acids is 12. The van der Waals surface area contributed by atoms with Gasteiger partial charge in [0.15, 0.2) is 0 Å². The Hall–Kier alpha value is -7.22. The van der Waals surface area contributed by atoms with Crippen LogP contribution in [0.25, 0.3) is 0 Å². The Morgan fingerprint density at radius 3 is 1.81 bits per heavy atom. The van der Waals surface area contributed by atoms with Crippen LogP contribution in [0, 0.1) is 35.5 Å². The van der Waals surface area contributed by atoms with E-state index >= 15 is 37.5 Å². The summed E-state index contributed by atoms with van der Waals surface area (Å²) >= 11 is 0. The van der Waals surface area contributed by atoms with Gasteiger partial charge in [-0.25, -0.2) is 8.78 Å². The van der Waals surface area contributed by atoms with Crippen LogP contribution in [0.3, 0.4) is 0 Å². The number of nitrogens with zero attached hydrogens (tertiary/aromatic N) is 9. The summed E-state index contributed by atoms with van der Waals surface area (Å²) in [7, 11) is 10.8. The molecule has 2 bridgehead atoms. The van der Waals surface area contributed by atoms with Gasteiger partial charge in [0.2, 0.25) is 70.9 Å². The second-order valence-electron chi connectivity index (χ2n) is 30.9. The third-order valence-corrected chi connectivity index (χ3v) is 23.6. The molecule has 0 radical (unpaired) electrons. The van der Waals surface area contributed by atoms with Gasteiger partial charge in [0.1, 0.15) is 72.1 Å². The van der Waals surface area contributed by atoms with Crippen molar-refractivity contribution in [3.8, 4) is 0 Å². The second-order valence-corrected chi connectivity index (χ2v) is 30.9. The van der Waals surface area contributed by atoms with E-state index in [0.29, 0.717) is 38.5 Å². The van der Waals surface area contributed by atoms with Crippen molar-refractivity contribution < 1.29 is 97.4 Å². The Kier molecular flexibility index (Phi) is 29.9. The third-order valence-electron chi connectivity index (χ3n) is 23.6. The monoisotopic (exact) mass is 1520 g/mol. The van der Waals surface area contributed by atoms with E-state index in [4.69, 9.17) is 4.74 Å². The summed E-state index contributed by atoms with van der Waals surface area (Å²) in [6.45, 7) is 4.76. The van der Waals surface area contributed by atoms with Crippen LogP contribution in [0.5, 0.6) is 0 Å². The predicted octanol–water partition coefficient (Wildman–Crippen LogP) is 5.71. The van der Waals surface area contributed by atoms with E-state index in [1.165, 1.54) is 71.1 Å². The van der Waals surface area contributed by atoms with E-state index < -0.39 is 230 Å². The number of ether oxygens (including phenoxy) is 1. The maximum Gasteiger partial charge on any atom is 0.397 e. The summed E-state index contributed by atoms with van der Waals surface area (Å²) in [5.41, 5.74) is -1.69. The van der Waals surface area contributed by atoms with Crippen LogP contribution in [0.4, 0.5) is 35.1 Å². The predicted molar refractivity (Wildman–Crippen MR) is 372 cm³/mol. The van der Waals surface area contributed by atoms with Gasteiger partial charge in [0, 0.05) is 82.5 Å². The number of amides is 12. The van der Waals surface area contributed by atoms with Crippen molar-refractivity contribution in [3.05, 3.63) is 12.2 Å². The highest BCUT2D eigenvalue weighted by Gasteiger charge is 2.56. The largest absolute Gasteiger partial charge is 0.397 e. The Bertz CT molecular complexity index is 3170. The zero-order valence-corrected chi connectivity index (χ0v) is 63.4. The standard InChI is InChI=1S/C73H112F8N12O13/c1-13-42(4)60-68(103)87(8)41-58(96)89(10)52-24-17-16-20-33-92(67(52)102)55(36-43-25-28-46(29-26-43)72(76,77)78)66(101)86(7)40-56(94)82-50(30-27-44-34-48(74)59(49(75)35-44)73(79,80)81)64(99)93-39-47(106-15-3)37-53(93)63(98)84-71(31-21-32-71)70(105)91(12)61(45-22-18-19-23-45)69(104)90(11)54(65(100)85(5)6)38-57(95)88(9)51(14-2)62(97)83-60/h16,20,42-55,59-61H,13-15,17-19,21-41H2,1-12H3,(H,82,94)(H,83,97)(H,84,98)/b20-16-/t42-,43?,44?,46?,47+,48?,49?,50-,51-,52+,53-,54-,55-,59?,60-,61-/m0/s1. The Balaban J connectivity index is 1.31. The fourth-order valence-corrected chi connectivity index (χ4v) is 16.8. The summed E-state index contributed by atoms with van der Waals surface area (Å²) in [4.78, 5) is 190. The zero-order chi connectivity index (χ0) is 78.8. The Morgan fingerprint density at radius 1 is 0.632 bits per heavy atom. The van der Waals surface area contributed by atoms with Crippen LogP contribution in [-0.2, 0) is 62.3 Å². The van der Waals surface area contributed by atoms with Gasteiger partial charge in [-0.15, -0.1) is 0 Å². The first-order valence-corrected chi connectivity index (χ1v) is 37.7. The molecule has 7 rings (SSSR count). The fourth-order valence-electron chi connectivity index (χ4n) is 16.8. The summed E-state index contributed by atoms with van der Waals surface area (Å²) in [6.07, 6.45) is -13.2. The summed E-state index contributed by atoms with van der Waals surface area (Å²) < 4.78 is 121. The molecule has 6 fully saturated rings. The smallest absolute Gasteiger partial charge is 0.377 e. The van der Waals surface area contributed by atoms with E-state index in [1.54, 1.807) is 39.8 Å². The van der Waals surface area contributed by atoms with Crippen LogP contribution < -0.4 is 16.0 Å². The van der Waals surface area contributed by atoms with Gasteiger partial charge >= 0.3 is 12.4 Å². The molecule has 106 heavy (non-hydrogen) atoms. The molecular weight excluding hydrogens is 1400 g/mol. The molecular formula is C73H112F8N12O13. The van der Waals surface area contributed by atoms with E-state index in [9.17, 15) is 55.1 Å². The molecule has 3 N–H and O–H groups in total. The molecule has 4 saturated carbocycles. The molecule has 0 aromatic heterocycles. The first-order chi connectivity index (χ1) is 49.7. The number of halogens is 8. The normalized spacial score (nSPS) is 32.3.